The van der Waals surface area contributed by atoms with Crippen LogP contribution in [-0.4, -0.2) is 83.9 Å². The molecule has 0 radical (unpaired) electrons. The molecule has 0 spiro atoms. The maximum atomic E-state index is 12.5. The van der Waals surface area contributed by atoms with Crippen LogP contribution in [0, 0.1) is 5.92 Å². The fraction of sp³-hybridized carbons (Fsp3) is 0.946. The third kappa shape index (κ3) is 23.2. The van der Waals surface area contributed by atoms with Gasteiger partial charge in [-0.25, -0.2) is 0 Å². The average Bonchev–Trinajstić information content (AvgIpc) is 3.02. The van der Waals surface area contributed by atoms with Crippen LogP contribution >= 0.6 is 0 Å². The minimum Gasteiger partial charge on any atom is -0.481 e. The highest BCUT2D eigenvalue weighted by Gasteiger charge is 2.24. The lowest BCUT2D eigenvalue weighted by atomic mass is 9.94. The normalized spacial score (nSPS) is 14.6. The van der Waals surface area contributed by atoms with Gasteiger partial charge in [0, 0.05) is 25.4 Å². The molecule has 44 heavy (non-hydrogen) atoms. The second kappa shape index (κ2) is 29.2. The number of ether oxygens (including phenoxy) is 1. The van der Waals surface area contributed by atoms with E-state index in [1.165, 1.54) is 89.9 Å². The summed E-state index contributed by atoms with van der Waals surface area (Å²) in [6, 6.07) is 0.513. The number of carboxylic acids is 1. The number of esters is 1. The highest BCUT2D eigenvalue weighted by Crippen LogP contribution is 2.21. The van der Waals surface area contributed by atoms with Crippen molar-refractivity contribution in [3.05, 3.63) is 0 Å². The third-order valence-corrected chi connectivity index (χ3v) is 9.56. The van der Waals surface area contributed by atoms with Crippen LogP contribution in [0.15, 0.2) is 0 Å². The van der Waals surface area contributed by atoms with E-state index in [-0.39, 0.29) is 19.0 Å². The van der Waals surface area contributed by atoms with E-state index in [0.29, 0.717) is 31.5 Å². The summed E-state index contributed by atoms with van der Waals surface area (Å²) in [7, 11) is 0. The van der Waals surface area contributed by atoms with Gasteiger partial charge in [-0.15, -0.1) is 0 Å². The first kappa shape index (κ1) is 40.8. The Balaban J connectivity index is 2.20. The number of carboxylic acid groups (broad SMARTS) is 1. The van der Waals surface area contributed by atoms with Crippen molar-refractivity contribution in [2.75, 3.05) is 45.9 Å². The Morgan fingerprint density at radius 3 is 1.86 bits per heavy atom. The maximum Gasteiger partial charge on any atom is 0.305 e. The number of carbonyl (C=O) groups is 2. The van der Waals surface area contributed by atoms with Crippen molar-refractivity contribution in [1.82, 2.24) is 9.80 Å². The number of aliphatic hydroxyl groups excluding tert-OH is 1. The number of aliphatic hydroxyl groups is 1. The van der Waals surface area contributed by atoms with E-state index in [9.17, 15) is 14.7 Å². The van der Waals surface area contributed by atoms with Crippen molar-refractivity contribution < 1.29 is 24.5 Å². The predicted molar refractivity (Wildman–Crippen MR) is 183 cm³/mol. The van der Waals surface area contributed by atoms with Gasteiger partial charge in [-0.05, 0) is 83.5 Å². The summed E-state index contributed by atoms with van der Waals surface area (Å²) in [5, 5.41) is 18.4. The molecule has 0 aromatic heterocycles. The maximum absolute atomic E-state index is 12.5. The number of rotatable bonds is 31. The van der Waals surface area contributed by atoms with E-state index < -0.39 is 5.97 Å². The van der Waals surface area contributed by atoms with E-state index in [1.54, 1.807) is 0 Å². The van der Waals surface area contributed by atoms with Crippen molar-refractivity contribution >= 4 is 11.9 Å². The molecule has 0 bridgehead atoms. The Bertz CT molecular complexity index is 652. The monoisotopic (exact) mass is 625 g/mol. The van der Waals surface area contributed by atoms with Gasteiger partial charge in [-0.2, -0.15) is 0 Å². The summed E-state index contributed by atoms with van der Waals surface area (Å²) >= 11 is 0. The molecule has 1 aliphatic rings. The van der Waals surface area contributed by atoms with Crippen LogP contribution < -0.4 is 0 Å². The number of hydrogen-bond acceptors (Lipinski definition) is 6. The number of carbonyl (C=O) groups excluding carboxylic acids is 1. The number of piperidine rings is 1. The fourth-order valence-corrected chi connectivity index (χ4v) is 6.68. The van der Waals surface area contributed by atoms with Gasteiger partial charge in [0.05, 0.1) is 13.2 Å². The SMILES string of the molecule is CCCCCCCCC(CCCCCCCC)COC(=O)CCCCCN1CCC(N(CCO)CCCCCC(=O)O)CC1. The summed E-state index contributed by atoms with van der Waals surface area (Å²) in [6.45, 7) is 10.3. The molecule has 0 saturated carbocycles. The zero-order chi connectivity index (χ0) is 32.1. The lowest BCUT2D eigenvalue weighted by molar-refractivity contribution is -0.145. The van der Waals surface area contributed by atoms with Crippen molar-refractivity contribution in [1.29, 1.82) is 0 Å². The molecule has 7 heteroatoms. The largest absolute Gasteiger partial charge is 0.481 e. The van der Waals surface area contributed by atoms with Crippen LogP contribution in [0.1, 0.15) is 168 Å². The summed E-state index contributed by atoms with van der Waals surface area (Å²) in [6.07, 6.45) is 27.1. The smallest absolute Gasteiger partial charge is 0.305 e. The minimum absolute atomic E-state index is 0.00589. The highest BCUT2D eigenvalue weighted by molar-refractivity contribution is 5.69. The first-order valence-electron chi connectivity index (χ1n) is 18.9. The number of likely N-dealkylation sites (tertiary alicyclic amines) is 1. The molecule has 0 aromatic carbocycles. The Hall–Kier alpha value is -1.18. The van der Waals surface area contributed by atoms with Crippen LogP contribution in [0.25, 0.3) is 0 Å². The van der Waals surface area contributed by atoms with Gasteiger partial charge in [0.1, 0.15) is 0 Å². The quantitative estimate of drug-likeness (QED) is 0.0589. The molecular formula is C37H72N2O5. The lowest BCUT2D eigenvalue weighted by Gasteiger charge is -2.38. The summed E-state index contributed by atoms with van der Waals surface area (Å²) in [5.41, 5.74) is 0. The van der Waals surface area contributed by atoms with E-state index in [2.05, 4.69) is 23.6 Å². The molecule has 0 atom stereocenters. The summed E-state index contributed by atoms with van der Waals surface area (Å²) in [5.74, 6) is -0.191. The zero-order valence-corrected chi connectivity index (χ0v) is 29.1. The van der Waals surface area contributed by atoms with Gasteiger partial charge in [0.15, 0.2) is 0 Å². The number of nitrogens with zero attached hydrogens (tertiary/aromatic N) is 2. The Morgan fingerprint density at radius 2 is 1.27 bits per heavy atom. The van der Waals surface area contributed by atoms with Crippen LogP contribution in [0.4, 0.5) is 0 Å². The molecule has 1 aliphatic heterocycles. The number of hydrogen-bond donors (Lipinski definition) is 2. The van der Waals surface area contributed by atoms with Crippen molar-refractivity contribution in [3.63, 3.8) is 0 Å². The molecule has 0 amide bonds. The van der Waals surface area contributed by atoms with Crippen molar-refractivity contribution in [2.45, 2.75) is 174 Å². The van der Waals surface area contributed by atoms with Crippen molar-refractivity contribution in [3.8, 4) is 0 Å². The van der Waals surface area contributed by atoms with E-state index >= 15 is 0 Å². The Kier molecular flexibility index (Phi) is 27.1. The van der Waals surface area contributed by atoms with Gasteiger partial charge >= 0.3 is 11.9 Å². The van der Waals surface area contributed by atoms with E-state index in [0.717, 1.165) is 77.5 Å². The van der Waals surface area contributed by atoms with Gasteiger partial charge in [-0.1, -0.05) is 104 Å². The Labute approximate surface area is 271 Å². The summed E-state index contributed by atoms with van der Waals surface area (Å²) in [4.78, 5) is 28.2. The molecular weight excluding hydrogens is 552 g/mol. The lowest BCUT2D eigenvalue weighted by Crippen LogP contribution is -2.46. The van der Waals surface area contributed by atoms with Gasteiger partial charge in [-0.3, -0.25) is 14.5 Å². The second-order valence-electron chi connectivity index (χ2n) is 13.5. The molecule has 1 rings (SSSR count). The second-order valence-corrected chi connectivity index (χ2v) is 13.5. The first-order chi connectivity index (χ1) is 21.5. The van der Waals surface area contributed by atoms with E-state index in [1.807, 2.05) is 0 Å². The summed E-state index contributed by atoms with van der Waals surface area (Å²) < 4.78 is 5.80. The molecule has 0 unspecified atom stereocenters. The predicted octanol–water partition coefficient (Wildman–Crippen LogP) is 8.61. The van der Waals surface area contributed by atoms with E-state index in [4.69, 9.17) is 9.84 Å². The number of aliphatic carboxylic acids is 1. The molecule has 0 aromatic rings. The average molecular weight is 625 g/mol. The van der Waals surface area contributed by atoms with Crippen LogP contribution in [-0.2, 0) is 14.3 Å². The van der Waals surface area contributed by atoms with Crippen LogP contribution in [0.3, 0.4) is 0 Å². The molecule has 1 heterocycles. The van der Waals surface area contributed by atoms with Gasteiger partial charge < -0.3 is 19.8 Å². The molecule has 1 saturated heterocycles. The fourth-order valence-electron chi connectivity index (χ4n) is 6.68. The zero-order valence-electron chi connectivity index (χ0n) is 29.1. The van der Waals surface area contributed by atoms with Crippen LogP contribution in [0.2, 0.25) is 0 Å². The first-order valence-corrected chi connectivity index (χ1v) is 18.9. The Morgan fingerprint density at radius 1 is 0.727 bits per heavy atom. The van der Waals surface area contributed by atoms with Crippen LogP contribution in [0.5, 0.6) is 0 Å². The molecule has 7 nitrogen and oxygen atoms in total. The number of unbranched alkanes of at least 4 members (excludes halogenated alkanes) is 14. The topological polar surface area (TPSA) is 90.3 Å². The van der Waals surface area contributed by atoms with Gasteiger partial charge in [0.25, 0.3) is 0 Å². The minimum atomic E-state index is -0.717. The molecule has 1 fully saturated rings. The molecule has 0 aliphatic carbocycles. The molecule has 2 N–H and O–H groups in total. The van der Waals surface area contributed by atoms with Gasteiger partial charge in [0.2, 0.25) is 0 Å². The molecule has 260 valence electrons. The standard InChI is InChI=1S/C37H72N2O5/c1-3-5-7-9-11-15-21-34(22-16-12-10-8-6-4-2)33-44-37(43)24-18-14-19-27-38-29-25-35(26-30-38)39(31-32-40)28-20-13-17-23-36(41)42/h34-35,40H,3-33H2,1-2H3,(H,41,42). The third-order valence-electron chi connectivity index (χ3n) is 9.56. The van der Waals surface area contributed by atoms with Crippen molar-refractivity contribution in [2.24, 2.45) is 5.92 Å². The highest BCUT2D eigenvalue weighted by atomic mass is 16.5.